The Balaban J connectivity index is 1.63. The topological polar surface area (TPSA) is 142 Å². The van der Waals surface area contributed by atoms with E-state index in [1.807, 2.05) is 32.1 Å². The van der Waals surface area contributed by atoms with Gasteiger partial charge >= 0.3 is 11.9 Å². The van der Waals surface area contributed by atoms with Crippen LogP contribution in [0.3, 0.4) is 0 Å². The van der Waals surface area contributed by atoms with E-state index in [1.54, 1.807) is 6.08 Å². The van der Waals surface area contributed by atoms with E-state index < -0.39 is 17.9 Å². The van der Waals surface area contributed by atoms with Crippen LogP contribution < -0.4 is 5.32 Å². The lowest BCUT2D eigenvalue weighted by molar-refractivity contribution is -0.234. The molecule has 0 saturated carbocycles. The first-order valence-corrected chi connectivity index (χ1v) is 14.6. The number of methoxy groups -OCH3 is 1. The molecule has 0 amide bonds. The smallest absolute Gasteiger partial charge is 0.342 e. The van der Waals surface area contributed by atoms with Crippen molar-refractivity contribution in [1.82, 2.24) is 5.32 Å². The van der Waals surface area contributed by atoms with Crippen molar-refractivity contribution in [3.05, 3.63) is 104 Å². The second kappa shape index (κ2) is 11.0. The zero-order chi connectivity index (χ0) is 31.4. The normalized spacial score (nSPS) is 23.9. The van der Waals surface area contributed by atoms with Crippen molar-refractivity contribution < 1.29 is 29.6 Å². The molecule has 0 aromatic carbocycles. The van der Waals surface area contributed by atoms with Crippen molar-refractivity contribution in [1.29, 1.82) is 0 Å². The number of allylic oxidation sites excluding steroid dienone is 11. The summed E-state index contributed by atoms with van der Waals surface area (Å²) in [4.78, 5) is 44.0. The molecule has 0 aromatic heterocycles. The zero-order valence-electron chi connectivity index (χ0n) is 25.4. The molecule has 10 nitrogen and oxygen atoms in total. The molecule has 1 unspecified atom stereocenters. The minimum absolute atomic E-state index is 0.0534. The number of ether oxygens (including phenoxy) is 1. The van der Waals surface area contributed by atoms with Crippen LogP contribution in [0.1, 0.15) is 53.4 Å². The molecule has 3 N–H and O–H groups in total. The van der Waals surface area contributed by atoms with Gasteiger partial charge in [-0.25, -0.2) is 19.8 Å². The fourth-order valence-electron chi connectivity index (χ4n) is 6.79. The van der Waals surface area contributed by atoms with Crippen LogP contribution in [0, 0.1) is 11.8 Å². The Morgan fingerprint density at radius 2 is 1.80 bits per heavy atom. The average molecular weight is 595 g/mol. The summed E-state index contributed by atoms with van der Waals surface area (Å²) in [6.07, 6.45) is 9.18. The van der Waals surface area contributed by atoms with Gasteiger partial charge in [0.15, 0.2) is 0 Å². The first kappa shape index (κ1) is 29.3. The molecule has 5 heterocycles. The number of esters is 1. The van der Waals surface area contributed by atoms with Crippen molar-refractivity contribution in [2.75, 3.05) is 7.11 Å². The molecule has 2 atom stereocenters. The molecular weight excluding hydrogens is 560 g/mol. The summed E-state index contributed by atoms with van der Waals surface area (Å²) in [5.74, 6) is -2.88. The second-order valence-electron chi connectivity index (χ2n) is 11.5. The first-order valence-electron chi connectivity index (χ1n) is 14.6. The monoisotopic (exact) mass is 594 g/mol. The third-order valence-electron chi connectivity index (χ3n) is 9.10. The number of nitrogens with zero attached hydrogens (tertiary/aromatic N) is 3. The van der Waals surface area contributed by atoms with Crippen LogP contribution in [-0.2, 0) is 19.2 Å². The third kappa shape index (κ3) is 4.48. The summed E-state index contributed by atoms with van der Waals surface area (Å²) in [5, 5.41) is 23.9. The summed E-state index contributed by atoms with van der Waals surface area (Å²) < 4.78 is 5.15. The van der Waals surface area contributed by atoms with Crippen LogP contribution in [-0.4, -0.2) is 46.5 Å². The van der Waals surface area contributed by atoms with E-state index in [0.717, 1.165) is 62.8 Å². The third-order valence-corrected chi connectivity index (χ3v) is 9.10. The lowest BCUT2D eigenvalue weighted by atomic mass is 9.89. The molecule has 1 fully saturated rings. The number of aliphatic imine (C=N–C) groups is 3. The average Bonchev–Trinajstić information content (AvgIpc) is 3.77. The van der Waals surface area contributed by atoms with Gasteiger partial charge in [0.25, 0.3) is 0 Å². The van der Waals surface area contributed by atoms with Gasteiger partial charge in [-0.15, -0.1) is 0 Å². The molecule has 0 aromatic rings. The molecule has 5 aliphatic heterocycles. The Kier molecular flexibility index (Phi) is 7.33. The van der Waals surface area contributed by atoms with Gasteiger partial charge in [0.1, 0.15) is 11.7 Å². The van der Waals surface area contributed by atoms with E-state index in [2.05, 4.69) is 30.6 Å². The van der Waals surface area contributed by atoms with E-state index in [9.17, 15) is 14.7 Å². The lowest BCUT2D eigenvalue weighted by Crippen LogP contribution is -2.24. The molecule has 1 saturated heterocycles. The fourth-order valence-corrected chi connectivity index (χ4v) is 6.79. The van der Waals surface area contributed by atoms with Gasteiger partial charge in [-0.2, -0.15) is 5.26 Å². The maximum absolute atomic E-state index is 13.2. The molecule has 0 spiro atoms. The van der Waals surface area contributed by atoms with E-state index in [1.165, 1.54) is 7.11 Å². The van der Waals surface area contributed by atoms with Crippen molar-refractivity contribution in [2.24, 2.45) is 26.8 Å². The van der Waals surface area contributed by atoms with Gasteiger partial charge in [-0.1, -0.05) is 19.6 Å². The highest BCUT2D eigenvalue weighted by Gasteiger charge is 2.48. The largest absolute Gasteiger partial charge is 0.510 e. The Bertz CT molecular complexity index is 1800. The minimum atomic E-state index is -1.09. The van der Waals surface area contributed by atoms with Crippen molar-refractivity contribution in [3.8, 4) is 0 Å². The SMILES string of the molecule is C=CC1=C(C)C2=NC1=CC1=NC(=CC3=C(C)C4=C(O)C(C(=O)OC)C(=C5NC(=C2)C[C@@H]5CCC(=O)OO)C4=N3)C(CC)=C1C. The number of nitrogens with one attached hydrogen (secondary N) is 1. The van der Waals surface area contributed by atoms with Gasteiger partial charge in [0, 0.05) is 40.5 Å². The van der Waals surface area contributed by atoms with E-state index in [-0.39, 0.29) is 18.1 Å². The maximum Gasteiger partial charge on any atom is 0.342 e. The fraction of sp³-hybridized carbons (Fsp3) is 0.324. The number of hydrogen-bond acceptors (Lipinski definition) is 10. The van der Waals surface area contributed by atoms with Crippen molar-refractivity contribution >= 4 is 29.1 Å². The van der Waals surface area contributed by atoms with Gasteiger partial charge in [-0.05, 0) is 80.6 Å². The quantitative estimate of drug-likeness (QED) is 0.201. The molecule has 8 bridgehead atoms. The number of hydrogen-bond donors (Lipinski definition) is 3. The predicted octanol–water partition coefficient (Wildman–Crippen LogP) is 5.79. The van der Waals surface area contributed by atoms with E-state index >= 15 is 0 Å². The maximum atomic E-state index is 13.2. The highest BCUT2D eigenvalue weighted by molar-refractivity contribution is 6.24. The summed E-state index contributed by atoms with van der Waals surface area (Å²) in [5.41, 5.74) is 11.4. The summed E-state index contributed by atoms with van der Waals surface area (Å²) in [6.45, 7) is 12.0. The molecule has 0 radical (unpaired) electrons. The van der Waals surface area contributed by atoms with Gasteiger partial charge in [-0.3, -0.25) is 4.79 Å². The number of fused-ring (bicyclic) bond motifs is 5. The van der Waals surface area contributed by atoms with Crippen LogP contribution >= 0.6 is 0 Å². The molecule has 226 valence electrons. The Morgan fingerprint density at radius 3 is 2.48 bits per heavy atom. The standard InChI is InChI=1S/C34H34N4O6/c1-7-20-15(3)22-12-19-11-18(9-10-27(39)44-42)31(35-19)29-30(34(41)43-6)33(40)28-17(5)24(38-32(28)29)14-26-21(8-2)16(4)23(37-26)13-25(20)36-22/h7,12-14,18,30,35,40,42H,1,8-11H2,2-6H3/t18-,30?/m0/s1. The Hall–Kier alpha value is -4.83. The first-order chi connectivity index (χ1) is 21.1. The highest BCUT2D eigenvalue weighted by Crippen LogP contribution is 2.48. The molecular formula is C34H34N4O6. The molecule has 6 aliphatic rings. The highest BCUT2D eigenvalue weighted by atomic mass is 17.1. The Morgan fingerprint density at radius 1 is 1.07 bits per heavy atom. The summed E-state index contributed by atoms with van der Waals surface area (Å²) >= 11 is 0. The van der Waals surface area contributed by atoms with Crippen LogP contribution in [0.25, 0.3) is 0 Å². The zero-order valence-corrected chi connectivity index (χ0v) is 25.4. The number of aliphatic hydroxyl groups excluding tert-OH is 1. The summed E-state index contributed by atoms with van der Waals surface area (Å²) in [7, 11) is 1.28. The molecule has 1 aliphatic carbocycles. The number of carbonyl (C=O) groups excluding carboxylic acids is 2. The van der Waals surface area contributed by atoms with Crippen LogP contribution in [0.4, 0.5) is 0 Å². The summed E-state index contributed by atoms with van der Waals surface area (Å²) in [6, 6.07) is 0. The van der Waals surface area contributed by atoms with Crippen LogP contribution in [0.5, 0.6) is 0 Å². The molecule has 10 heteroatoms. The second-order valence-corrected chi connectivity index (χ2v) is 11.5. The van der Waals surface area contributed by atoms with Crippen molar-refractivity contribution in [2.45, 2.75) is 53.4 Å². The lowest BCUT2D eigenvalue weighted by Gasteiger charge is -2.18. The number of rotatable bonds is 6. The van der Waals surface area contributed by atoms with E-state index in [0.29, 0.717) is 41.1 Å². The Labute approximate surface area is 255 Å². The minimum Gasteiger partial charge on any atom is -0.510 e. The van der Waals surface area contributed by atoms with Gasteiger partial charge in [0.05, 0.1) is 41.3 Å². The van der Waals surface area contributed by atoms with Crippen molar-refractivity contribution in [3.63, 3.8) is 0 Å². The molecule has 6 rings (SSSR count). The van der Waals surface area contributed by atoms with E-state index in [4.69, 9.17) is 25.0 Å². The number of carbonyl (C=O) groups is 2. The van der Waals surface area contributed by atoms with Crippen LogP contribution in [0.2, 0.25) is 0 Å². The number of aliphatic hydroxyl groups is 1. The molecule has 44 heavy (non-hydrogen) atoms. The van der Waals surface area contributed by atoms with Gasteiger partial charge < -0.3 is 20.0 Å². The van der Waals surface area contributed by atoms with Crippen LogP contribution in [0.15, 0.2) is 119 Å². The van der Waals surface area contributed by atoms with Gasteiger partial charge in [0.2, 0.25) is 0 Å². The predicted molar refractivity (Wildman–Crippen MR) is 167 cm³/mol.